The third-order valence-electron chi connectivity index (χ3n) is 2.82. The van der Waals surface area contributed by atoms with Crippen LogP contribution in [-0.4, -0.2) is 29.5 Å². The standard InChI is InChI=1S/C14H26F2O2S/c1-4-6-8-13(17)18-11-12(3)19-10-7-9-14(15,16)5-2/h12H,4-11H2,1-3H3. The van der Waals surface area contributed by atoms with Crippen LogP contribution in [0.15, 0.2) is 0 Å². The molecule has 0 aromatic carbocycles. The minimum Gasteiger partial charge on any atom is -0.465 e. The van der Waals surface area contributed by atoms with Crippen LogP contribution in [0.25, 0.3) is 0 Å². The summed E-state index contributed by atoms with van der Waals surface area (Å²) < 4.78 is 31.1. The van der Waals surface area contributed by atoms with E-state index in [2.05, 4.69) is 0 Å². The van der Waals surface area contributed by atoms with Crippen molar-refractivity contribution in [2.24, 2.45) is 0 Å². The molecule has 1 unspecified atom stereocenters. The predicted octanol–water partition coefficient (Wildman–Crippen LogP) is 4.67. The number of esters is 1. The first-order valence-corrected chi connectivity index (χ1v) is 8.11. The van der Waals surface area contributed by atoms with Crippen LogP contribution in [0.1, 0.15) is 59.3 Å². The fourth-order valence-electron chi connectivity index (χ4n) is 1.44. The highest BCUT2D eigenvalue weighted by molar-refractivity contribution is 7.99. The average Bonchev–Trinajstić information content (AvgIpc) is 2.39. The second-order valence-corrected chi connectivity index (χ2v) is 6.33. The fraction of sp³-hybridized carbons (Fsp3) is 0.929. The Morgan fingerprint density at radius 2 is 2.00 bits per heavy atom. The van der Waals surface area contributed by atoms with E-state index in [1.807, 2.05) is 13.8 Å². The van der Waals surface area contributed by atoms with Crippen molar-refractivity contribution in [2.45, 2.75) is 70.5 Å². The van der Waals surface area contributed by atoms with Gasteiger partial charge in [0.1, 0.15) is 6.61 Å². The monoisotopic (exact) mass is 296 g/mol. The molecular formula is C14H26F2O2S. The maximum Gasteiger partial charge on any atom is 0.305 e. The maximum atomic E-state index is 13.0. The Kier molecular flexibility index (Phi) is 10.3. The van der Waals surface area contributed by atoms with Gasteiger partial charge in [-0.2, -0.15) is 11.8 Å². The zero-order valence-corrected chi connectivity index (χ0v) is 13.0. The molecule has 0 radical (unpaired) electrons. The van der Waals surface area contributed by atoms with Crippen LogP contribution in [0.4, 0.5) is 8.78 Å². The molecule has 0 N–H and O–H groups in total. The molecule has 0 aliphatic rings. The second kappa shape index (κ2) is 10.5. The van der Waals surface area contributed by atoms with Crippen LogP contribution in [0.5, 0.6) is 0 Å². The van der Waals surface area contributed by atoms with Crippen molar-refractivity contribution in [2.75, 3.05) is 12.4 Å². The lowest BCUT2D eigenvalue weighted by atomic mass is 10.1. The van der Waals surface area contributed by atoms with Gasteiger partial charge < -0.3 is 4.74 Å². The number of halogens is 2. The van der Waals surface area contributed by atoms with Crippen LogP contribution in [0.2, 0.25) is 0 Å². The fourth-order valence-corrected chi connectivity index (χ4v) is 2.32. The van der Waals surface area contributed by atoms with Crippen LogP contribution < -0.4 is 0 Å². The summed E-state index contributed by atoms with van der Waals surface area (Å²) in [6.07, 6.45) is 2.65. The number of hydrogen-bond acceptors (Lipinski definition) is 3. The first-order chi connectivity index (χ1) is 8.91. The number of unbranched alkanes of at least 4 members (excludes halogenated alkanes) is 1. The van der Waals surface area contributed by atoms with Crippen LogP contribution >= 0.6 is 11.8 Å². The lowest BCUT2D eigenvalue weighted by Gasteiger charge is -2.15. The van der Waals surface area contributed by atoms with Gasteiger partial charge in [0.2, 0.25) is 5.92 Å². The first-order valence-electron chi connectivity index (χ1n) is 7.06. The summed E-state index contributed by atoms with van der Waals surface area (Å²) in [5, 5.41) is 0.167. The maximum absolute atomic E-state index is 13.0. The largest absolute Gasteiger partial charge is 0.465 e. The van der Waals surface area contributed by atoms with E-state index in [4.69, 9.17) is 4.74 Å². The minimum atomic E-state index is -2.53. The number of ether oxygens (including phenoxy) is 1. The first kappa shape index (κ1) is 18.7. The van der Waals surface area contributed by atoms with Gasteiger partial charge >= 0.3 is 5.97 Å². The van der Waals surface area contributed by atoms with Gasteiger partial charge in [0.15, 0.2) is 0 Å². The molecule has 5 heteroatoms. The Hall–Kier alpha value is -0.320. The van der Waals surface area contributed by atoms with Crippen LogP contribution in [0.3, 0.4) is 0 Å². The zero-order chi connectivity index (χ0) is 14.7. The predicted molar refractivity (Wildman–Crippen MR) is 76.9 cm³/mol. The molecule has 1 atom stereocenters. The zero-order valence-electron chi connectivity index (χ0n) is 12.2. The van der Waals surface area contributed by atoms with Crippen molar-refractivity contribution >= 4 is 17.7 Å². The molecule has 0 aliphatic heterocycles. The minimum absolute atomic E-state index is 0.0560. The Balaban J connectivity index is 3.54. The SMILES string of the molecule is CCCCC(=O)OCC(C)SCCCC(F)(F)CC. The summed E-state index contributed by atoms with van der Waals surface area (Å²) in [5.41, 5.74) is 0. The second-order valence-electron chi connectivity index (χ2n) is 4.78. The van der Waals surface area contributed by atoms with E-state index >= 15 is 0 Å². The summed E-state index contributed by atoms with van der Waals surface area (Å²) in [7, 11) is 0. The van der Waals surface area contributed by atoms with E-state index in [-0.39, 0.29) is 24.1 Å². The lowest BCUT2D eigenvalue weighted by Crippen LogP contribution is -2.16. The van der Waals surface area contributed by atoms with E-state index in [9.17, 15) is 13.6 Å². The molecule has 0 saturated carbocycles. The highest BCUT2D eigenvalue weighted by atomic mass is 32.2. The Morgan fingerprint density at radius 1 is 1.32 bits per heavy atom. The number of rotatable bonds is 11. The molecule has 0 fully saturated rings. The Labute approximate surface area is 119 Å². The normalized spacial score (nSPS) is 13.3. The third kappa shape index (κ3) is 11.2. The van der Waals surface area contributed by atoms with Gasteiger partial charge in [-0.25, -0.2) is 8.78 Å². The number of alkyl halides is 2. The van der Waals surface area contributed by atoms with Crippen molar-refractivity contribution in [3.05, 3.63) is 0 Å². The van der Waals surface area contributed by atoms with Gasteiger partial charge in [-0.15, -0.1) is 0 Å². The summed E-state index contributed by atoms with van der Waals surface area (Å²) in [4.78, 5) is 11.3. The van der Waals surface area contributed by atoms with Gasteiger partial charge in [-0.1, -0.05) is 20.3 Å². The van der Waals surface area contributed by atoms with E-state index in [1.165, 1.54) is 6.92 Å². The number of hydrogen-bond donors (Lipinski definition) is 0. The van der Waals surface area contributed by atoms with E-state index in [0.717, 1.165) is 12.8 Å². The summed E-state index contributed by atoms with van der Waals surface area (Å²) in [5.74, 6) is -2.01. The van der Waals surface area contributed by atoms with Crippen molar-refractivity contribution in [1.29, 1.82) is 0 Å². The molecule has 0 bridgehead atoms. The molecule has 0 spiro atoms. The summed E-state index contributed by atoms with van der Waals surface area (Å²) in [6, 6.07) is 0. The van der Waals surface area contributed by atoms with Crippen LogP contribution in [0, 0.1) is 0 Å². The van der Waals surface area contributed by atoms with Gasteiger partial charge in [0.25, 0.3) is 0 Å². The third-order valence-corrected chi connectivity index (χ3v) is 4.05. The molecule has 0 heterocycles. The van der Waals surface area contributed by atoms with E-state index in [1.54, 1.807) is 11.8 Å². The number of carbonyl (C=O) groups excluding carboxylic acids is 1. The molecule has 114 valence electrons. The van der Waals surface area contributed by atoms with Crippen molar-refractivity contribution < 1.29 is 18.3 Å². The summed E-state index contributed by atoms with van der Waals surface area (Å²) in [6.45, 7) is 5.86. The van der Waals surface area contributed by atoms with Crippen molar-refractivity contribution in [1.82, 2.24) is 0 Å². The van der Waals surface area contributed by atoms with Crippen molar-refractivity contribution in [3.8, 4) is 0 Å². The highest BCUT2D eigenvalue weighted by Crippen LogP contribution is 2.25. The molecule has 0 aromatic heterocycles. The Morgan fingerprint density at radius 3 is 2.58 bits per heavy atom. The molecule has 0 aromatic rings. The molecule has 0 saturated heterocycles. The molecule has 0 rings (SSSR count). The summed E-state index contributed by atoms with van der Waals surface area (Å²) >= 11 is 1.58. The molecule has 0 amide bonds. The van der Waals surface area contributed by atoms with Gasteiger partial charge in [-0.05, 0) is 25.5 Å². The average molecular weight is 296 g/mol. The topological polar surface area (TPSA) is 26.3 Å². The van der Waals surface area contributed by atoms with E-state index < -0.39 is 5.92 Å². The number of thioether (sulfide) groups is 1. The van der Waals surface area contributed by atoms with Crippen molar-refractivity contribution in [3.63, 3.8) is 0 Å². The quantitative estimate of drug-likeness (QED) is 0.409. The van der Waals surface area contributed by atoms with E-state index in [0.29, 0.717) is 25.2 Å². The molecular weight excluding hydrogens is 270 g/mol. The lowest BCUT2D eigenvalue weighted by molar-refractivity contribution is -0.143. The number of carbonyl (C=O) groups is 1. The van der Waals surface area contributed by atoms with Gasteiger partial charge in [-0.3, -0.25) is 4.79 Å². The molecule has 19 heavy (non-hydrogen) atoms. The van der Waals surface area contributed by atoms with Gasteiger partial charge in [0, 0.05) is 24.5 Å². The molecule has 0 aliphatic carbocycles. The van der Waals surface area contributed by atoms with Crippen LogP contribution in [-0.2, 0) is 9.53 Å². The smallest absolute Gasteiger partial charge is 0.305 e. The highest BCUT2D eigenvalue weighted by Gasteiger charge is 2.24. The Bertz CT molecular complexity index is 248. The van der Waals surface area contributed by atoms with Gasteiger partial charge in [0.05, 0.1) is 0 Å². The molecule has 2 nitrogen and oxygen atoms in total.